The Kier molecular flexibility index (Phi) is 10.4. The Bertz CT molecular complexity index is 782. The fourth-order valence-electron chi connectivity index (χ4n) is 3.99. The Morgan fingerprint density at radius 3 is 2.35 bits per heavy atom. The summed E-state index contributed by atoms with van der Waals surface area (Å²) in [7, 11) is 0. The second-order valence-electron chi connectivity index (χ2n) is 9.28. The van der Waals surface area contributed by atoms with Gasteiger partial charge in [0.1, 0.15) is 0 Å². The van der Waals surface area contributed by atoms with Crippen LogP contribution in [0.25, 0.3) is 0 Å². The summed E-state index contributed by atoms with van der Waals surface area (Å²) in [5, 5.41) is 7.42. The highest BCUT2D eigenvalue weighted by Gasteiger charge is 2.20. The average molecular weight is 419 g/mol. The van der Waals surface area contributed by atoms with Crippen molar-refractivity contribution in [3.63, 3.8) is 0 Å². The molecule has 2 atom stereocenters. The molecule has 0 aliphatic heterocycles. The van der Waals surface area contributed by atoms with Gasteiger partial charge in [-0.3, -0.25) is 0 Å². The summed E-state index contributed by atoms with van der Waals surface area (Å²) in [5.74, 6) is 0.420. The van der Waals surface area contributed by atoms with E-state index in [0.29, 0.717) is 12.0 Å². The van der Waals surface area contributed by atoms with Crippen molar-refractivity contribution in [2.75, 3.05) is 0 Å². The molecule has 168 valence electrons. The van der Waals surface area contributed by atoms with Crippen molar-refractivity contribution < 1.29 is 0 Å². The van der Waals surface area contributed by atoms with Gasteiger partial charge in [0.15, 0.2) is 0 Å². The van der Waals surface area contributed by atoms with Crippen molar-refractivity contribution in [2.45, 2.75) is 77.8 Å². The molecule has 1 aromatic carbocycles. The second kappa shape index (κ2) is 13.0. The highest BCUT2D eigenvalue weighted by atomic mass is 15.0. The van der Waals surface area contributed by atoms with Gasteiger partial charge in [-0.15, -0.1) is 6.58 Å². The van der Waals surface area contributed by atoms with Crippen LogP contribution in [0.5, 0.6) is 0 Å². The van der Waals surface area contributed by atoms with Crippen LogP contribution in [-0.2, 0) is 6.42 Å². The molecular weight excluding hydrogens is 376 g/mol. The first-order valence-electron chi connectivity index (χ1n) is 11.8. The normalized spacial score (nSPS) is 15.2. The van der Waals surface area contributed by atoms with E-state index in [1.165, 1.54) is 23.1 Å². The van der Waals surface area contributed by atoms with Crippen LogP contribution in [0.15, 0.2) is 90.8 Å². The minimum Gasteiger partial charge on any atom is -0.384 e. The van der Waals surface area contributed by atoms with Crippen LogP contribution in [-0.4, -0.2) is 12.1 Å². The number of rotatable bonds is 14. The predicted octanol–water partition coefficient (Wildman–Crippen LogP) is 7.24. The fourth-order valence-corrected chi connectivity index (χ4v) is 3.99. The third-order valence-electron chi connectivity index (χ3n) is 5.82. The largest absolute Gasteiger partial charge is 0.384 e. The maximum absolute atomic E-state index is 4.43. The molecule has 2 N–H and O–H groups in total. The summed E-state index contributed by atoms with van der Waals surface area (Å²) >= 11 is 0. The lowest BCUT2D eigenvalue weighted by molar-refractivity contribution is 0.421. The predicted molar refractivity (Wildman–Crippen MR) is 137 cm³/mol. The van der Waals surface area contributed by atoms with E-state index >= 15 is 0 Å². The van der Waals surface area contributed by atoms with E-state index < -0.39 is 0 Å². The van der Waals surface area contributed by atoms with Crippen molar-refractivity contribution in [3.8, 4) is 0 Å². The Morgan fingerprint density at radius 2 is 1.74 bits per heavy atom. The Balaban J connectivity index is 1.96. The quantitative estimate of drug-likeness (QED) is 0.311. The van der Waals surface area contributed by atoms with E-state index in [9.17, 15) is 0 Å². The maximum atomic E-state index is 4.43. The minimum absolute atomic E-state index is 0.159. The van der Waals surface area contributed by atoms with E-state index in [-0.39, 0.29) is 6.04 Å². The van der Waals surface area contributed by atoms with Gasteiger partial charge in [0, 0.05) is 17.4 Å². The van der Waals surface area contributed by atoms with Gasteiger partial charge in [-0.2, -0.15) is 0 Å². The summed E-state index contributed by atoms with van der Waals surface area (Å²) < 4.78 is 0. The van der Waals surface area contributed by atoms with Crippen LogP contribution < -0.4 is 10.6 Å². The molecule has 0 heterocycles. The van der Waals surface area contributed by atoms with Crippen LogP contribution in [0.2, 0.25) is 0 Å². The number of benzene rings is 1. The van der Waals surface area contributed by atoms with Crippen LogP contribution in [0.1, 0.15) is 64.9 Å². The molecule has 2 rings (SSSR count). The highest BCUT2D eigenvalue weighted by molar-refractivity contribution is 5.23. The Hall–Kier alpha value is -2.48. The molecule has 0 saturated heterocycles. The fraction of sp³-hybridized carbons (Fsp3) is 0.448. The highest BCUT2D eigenvalue weighted by Crippen LogP contribution is 2.19. The van der Waals surface area contributed by atoms with E-state index in [4.69, 9.17) is 0 Å². The van der Waals surface area contributed by atoms with Crippen molar-refractivity contribution >= 4 is 0 Å². The number of hydrogen-bond donors (Lipinski definition) is 2. The molecule has 0 amide bonds. The molecule has 2 unspecified atom stereocenters. The third kappa shape index (κ3) is 9.46. The molecule has 0 radical (unpaired) electrons. The van der Waals surface area contributed by atoms with Crippen molar-refractivity contribution in [2.24, 2.45) is 5.92 Å². The summed E-state index contributed by atoms with van der Waals surface area (Å²) in [5.41, 5.74) is 6.14. The van der Waals surface area contributed by atoms with E-state index in [1.807, 2.05) is 0 Å². The van der Waals surface area contributed by atoms with Gasteiger partial charge in [0.05, 0.1) is 6.04 Å². The molecule has 2 nitrogen and oxygen atoms in total. The number of hydrogen-bond acceptors (Lipinski definition) is 2. The van der Waals surface area contributed by atoms with E-state index in [2.05, 4.69) is 99.7 Å². The zero-order chi connectivity index (χ0) is 22.6. The number of nitrogens with one attached hydrogen (secondary N) is 2. The lowest BCUT2D eigenvalue weighted by Crippen LogP contribution is -2.43. The number of allylic oxidation sites excluding steroid dienone is 6. The molecule has 0 bridgehead atoms. The molecule has 2 heteroatoms. The first-order chi connectivity index (χ1) is 14.8. The second-order valence-corrected chi connectivity index (χ2v) is 9.28. The molecule has 31 heavy (non-hydrogen) atoms. The average Bonchev–Trinajstić information content (AvgIpc) is 2.75. The maximum Gasteiger partial charge on any atom is 0.0673 e. The lowest BCUT2D eigenvalue weighted by Gasteiger charge is -2.31. The first kappa shape index (κ1) is 24.8. The first-order valence-corrected chi connectivity index (χ1v) is 11.8. The van der Waals surface area contributed by atoms with Crippen LogP contribution in [0, 0.1) is 5.92 Å². The van der Waals surface area contributed by atoms with E-state index in [1.54, 1.807) is 0 Å². The van der Waals surface area contributed by atoms with Gasteiger partial charge in [0.2, 0.25) is 0 Å². The van der Waals surface area contributed by atoms with Crippen molar-refractivity contribution in [3.05, 3.63) is 96.4 Å². The van der Waals surface area contributed by atoms with Gasteiger partial charge < -0.3 is 10.6 Å². The summed E-state index contributed by atoms with van der Waals surface area (Å²) in [6, 6.07) is 11.2. The van der Waals surface area contributed by atoms with E-state index in [0.717, 1.165) is 49.9 Å². The van der Waals surface area contributed by atoms with Gasteiger partial charge in [0.25, 0.3) is 0 Å². The molecular formula is C29H42N2. The van der Waals surface area contributed by atoms with Crippen LogP contribution >= 0.6 is 0 Å². The molecule has 1 aromatic rings. The van der Waals surface area contributed by atoms with Crippen molar-refractivity contribution in [1.82, 2.24) is 10.6 Å². The SMILES string of the molecule is C=C(C)CCC(Cc1ccccc1)NC(=C)C(NC(=C)CCC1=CCCC=C1)C(C)C. The molecule has 0 aromatic heterocycles. The summed E-state index contributed by atoms with van der Waals surface area (Å²) in [6.07, 6.45) is 14.3. The monoisotopic (exact) mass is 418 g/mol. The minimum atomic E-state index is 0.159. The molecule has 1 aliphatic carbocycles. The Labute approximate surface area is 190 Å². The molecule has 0 saturated carbocycles. The van der Waals surface area contributed by atoms with Crippen molar-refractivity contribution in [1.29, 1.82) is 0 Å². The van der Waals surface area contributed by atoms with Crippen LogP contribution in [0.3, 0.4) is 0 Å². The zero-order valence-corrected chi connectivity index (χ0v) is 19.9. The Morgan fingerprint density at radius 1 is 1.00 bits per heavy atom. The zero-order valence-electron chi connectivity index (χ0n) is 19.9. The third-order valence-corrected chi connectivity index (χ3v) is 5.82. The van der Waals surface area contributed by atoms with Gasteiger partial charge in [-0.1, -0.05) is 86.7 Å². The molecule has 1 aliphatic rings. The smallest absolute Gasteiger partial charge is 0.0673 e. The lowest BCUT2D eigenvalue weighted by atomic mass is 9.96. The topological polar surface area (TPSA) is 24.1 Å². The summed E-state index contributed by atoms with van der Waals surface area (Å²) in [6.45, 7) is 19.4. The van der Waals surface area contributed by atoms with Gasteiger partial charge in [-0.25, -0.2) is 0 Å². The van der Waals surface area contributed by atoms with Gasteiger partial charge >= 0.3 is 0 Å². The molecule has 0 fully saturated rings. The summed E-state index contributed by atoms with van der Waals surface area (Å²) in [4.78, 5) is 0. The van der Waals surface area contributed by atoms with Crippen LogP contribution in [0.4, 0.5) is 0 Å². The molecule has 0 spiro atoms. The standard InChI is InChI=1S/C29H42N2/c1-22(2)17-20-28(21-27-15-11-8-12-16-27)31-25(6)29(23(3)4)30-24(5)18-19-26-13-9-7-10-14-26/h8-9,11-16,23,28-31H,1,5-7,10,17-21H2,2-4H3. The van der Waals surface area contributed by atoms with Gasteiger partial charge in [-0.05, 0) is 63.4 Å².